The number of aliphatic hydroxyl groups excluding tert-OH is 3. The Bertz CT molecular complexity index is 381. The molecular weight excluding hydrogens is 222 g/mol. The molecular formula is C12H17NO4. The van der Waals surface area contributed by atoms with Gasteiger partial charge in [-0.15, -0.1) is 0 Å². The maximum atomic E-state index is 10.7. The van der Waals surface area contributed by atoms with Gasteiger partial charge in [0.05, 0.1) is 12.5 Å². The Morgan fingerprint density at radius 2 is 1.94 bits per heavy atom. The first kappa shape index (κ1) is 13.6. The lowest BCUT2D eigenvalue weighted by molar-refractivity contribution is -0.121. The third-order valence-electron chi connectivity index (χ3n) is 2.53. The van der Waals surface area contributed by atoms with Crippen LogP contribution in [0.1, 0.15) is 23.7 Å². The second kappa shape index (κ2) is 6.34. The number of benzene rings is 1. The molecule has 0 radical (unpaired) electrons. The SMILES string of the molecule is NC(=O)CC(O)C(O)c1ccccc1CCO. The van der Waals surface area contributed by atoms with E-state index in [1.807, 2.05) is 0 Å². The average Bonchev–Trinajstić information content (AvgIpc) is 2.28. The lowest BCUT2D eigenvalue weighted by Gasteiger charge is -2.19. The van der Waals surface area contributed by atoms with Crippen molar-refractivity contribution < 1.29 is 20.1 Å². The van der Waals surface area contributed by atoms with E-state index in [2.05, 4.69) is 0 Å². The van der Waals surface area contributed by atoms with Crippen LogP contribution >= 0.6 is 0 Å². The number of hydrogen-bond donors (Lipinski definition) is 4. The summed E-state index contributed by atoms with van der Waals surface area (Å²) in [6.45, 7) is -0.0460. The fraction of sp³-hybridized carbons (Fsp3) is 0.417. The summed E-state index contributed by atoms with van der Waals surface area (Å²) in [7, 11) is 0. The molecule has 5 N–H and O–H groups in total. The van der Waals surface area contributed by atoms with Crippen LogP contribution in [0.5, 0.6) is 0 Å². The zero-order valence-electron chi connectivity index (χ0n) is 9.41. The monoisotopic (exact) mass is 239 g/mol. The minimum absolute atomic E-state index is 0.0460. The first-order valence-electron chi connectivity index (χ1n) is 5.39. The van der Waals surface area contributed by atoms with Crippen molar-refractivity contribution in [2.24, 2.45) is 5.73 Å². The minimum atomic E-state index is -1.23. The Morgan fingerprint density at radius 1 is 1.29 bits per heavy atom. The van der Waals surface area contributed by atoms with E-state index in [-0.39, 0.29) is 13.0 Å². The van der Waals surface area contributed by atoms with Crippen LogP contribution in [0.3, 0.4) is 0 Å². The van der Waals surface area contributed by atoms with Gasteiger partial charge in [0.25, 0.3) is 0 Å². The Balaban J connectivity index is 2.86. The van der Waals surface area contributed by atoms with E-state index in [4.69, 9.17) is 10.8 Å². The van der Waals surface area contributed by atoms with Crippen LogP contribution in [0.2, 0.25) is 0 Å². The summed E-state index contributed by atoms with van der Waals surface area (Å²) in [6.07, 6.45) is -2.32. The summed E-state index contributed by atoms with van der Waals surface area (Å²) in [4.78, 5) is 10.7. The maximum Gasteiger partial charge on any atom is 0.220 e. The molecule has 5 heteroatoms. The van der Waals surface area contributed by atoms with Crippen LogP contribution in [0.25, 0.3) is 0 Å². The average molecular weight is 239 g/mol. The molecule has 1 aromatic rings. The predicted molar refractivity (Wildman–Crippen MR) is 62.0 cm³/mol. The highest BCUT2D eigenvalue weighted by Gasteiger charge is 2.22. The van der Waals surface area contributed by atoms with E-state index in [1.54, 1.807) is 24.3 Å². The van der Waals surface area contributed by atoms with Crippen molar-refractivity contribution in [3.8, 4) is 0 Å². The molecule has 0 aliphatic carbocycles. The van der Waals surface area contributed by atoms with Crippen molar-refractivity contribution in [3.05, 3.63) is 35.4 Å². The molecule has 5 nitrogen and oxygen atoms in total. The number of amides is 1. The topological polar surface area (TPSA) is 104 Å². The molecule has 17 heavy (non-hydrogen) atoms. The fourth-order valence-corrected chi connectivity index (χ4v) is 1.70. The zero-order valence-corrected chi connectivity index (χ0v) is 9.41. The highest BCUT2D eigenvalue weighted by atomic mass is 16.3. The van der Waals surface area contributed by atoms with Gasteiger partial charge in [-0.2, -0.15) is 0 Å². The number of nitrogens with two attached hydrogens (primary N) is 1. The van der Waals surface area contributed by atoms with Gasteiger partial charge in [0, 0.05) is 6.61 Å². The molecule has 1 amide bonds. The second-order valence-electron chi connectivity index (χ2n) is 3.86. The van der Waals surface area contributed by atoms with Gasteiger partial charge in [-0.25, -0.2) is 0 Å². The van der Waals surface area contributed by atoms with E-state index >= 15 is 0 Å². The fourth-order valence-electron chi connectivity index (χ4n) is 1.70. The first-order chi connectivity index (χ1) is 8.06. The Morgan fingerprint density at radius 3 is 2.53 bits per heavy atom. The van der Waals surface area contributed by atoms with Gasteiger partial charge in [0.15, 0.2) is 0 Å². The van der Waals surface area contributed by atoms with E-state index < -0.39 is 18.1 Å². The number of primary amides is 1. The molecule has 0 aromatic heterocycles. The quantitative estimate of drug-likeness (QED) is 0.536. The van der Waals surface area contributed by atoms with Crippen molar-refractivity contribution in [3.63, 3.8) is 0 Å². The molecule has 0 aliphatic heterocycles. The molecule has 0 fully saturated rings. The largest absolute Gasteiger partial charge is 0.396 e. The highest BCUT2D eigenvalue weighted by molar-refractivity contribution is 5.74. The van der Waals surface area contributed by atoms with Crippen LogP contribution < -0.4 is 5.73 Å². The smallest absolute Gasteiger partial charge is 0.220 e. The number of rotatable bonds is 6. The summed E-state index contributed by atoms with van der Waals surface area (Å²) in [6, 6.07) is 6.91. The zero-order chi connectivity index (χ0) is 12.8. The summed E-state index contributed by atoms with van der Waals surface area (Å²) >= 11 is 0. The van der Waals surface area contributed by atoms with Crippen LogP contribution in [0, 0.1) is 0 Å². The van der Waals surface area contributed by atoms with Gasteiger partial charge >= 0.3 is 0 Å². The second-order valence-corrected chi connectivity index (χ2v) is 3.86. The molecule has 0 aliphatic rings. The molecule has 0 saturated heterocycles. The third kappa shape index (κ3) is 3.81. The normalized spacial score (nSPS) is 14.3. The highest BCUT2D eigenvalue weighted by Crippen LogP contribution is 2.22. The first-order valence-corrected chi connectivity index (χ1v) is 5.39. The number of aliphatic hydroxyl groups is 3. The molecule has 1 rings (SSSR count). The molecule has 0 bridgehead atoms. The van der Waals surface area contributed by atoms with Crippen LogP contribution in [0.4, 0.5) is 0 Å². The lowest BCUT2D eigenvalue weighted by Crippen LogP contribution is -2.26. The molecule has 1 aromatic carbocycles. The van der Waals surface area contributed by atoms with Crippen LogP contribution in [-0.4, -0.2) is 33.9 Å². The summed E-state index contributed by atoms with van der Waals surface area (Å²) in [5.74, 6) is -0.670. The van der Waals surface area contributed by atoms with Crippen LogP contribution in [0.15, 0.2) is 24.3 Å². The van der Waals surface area contributed by atoms with Gasteiger partial charge in [-0.1, -0.05) is 24.3 Å². The summed E-state index contributed by atoms with van der Waals surface area (Å²) in [5, 5.41) is 28.4. The van der Waals surface area contributed by atoms with E-state index in [0.29, 0.717) is 12.0 Å². The number of carbonyl (C=O) groups excluding carboxylic acids is 1. The van der Waals surface area contributed by atoms with Gasteiger partial charge in [-0.3, -0.25) is 4.79 Å². The van der Waals surface area contributed by atoms with E-state index in [1.165, 1.54) is 0 Å². The van der Waals surface area contributed by atoms with E-state index in [0.717, 1.165) is 5.56 Å². The van der Waals surface area contributed by atoms with Gasteiger partial charge in [0.1, 0.15) is 6.10 Å². The van der Waals surface area contributed by atoms with Gasteiger partial charge < -0.3 is 21.1 Å². The van der Waals surface area contributed by atoms with Crippen molar-refractivity contribution >= 4 is 5.91 Å². The summed E-state index contributed by atoms with van der Waals surface area (Å²) in [5.41, 5.74) is 6.21. The number of hydrogen-bond acceptors (Lipinski definition) is 4. The predicted octanol–water partition coefficient (Wildman–Crippen LogP) is -0.509. The van der Waals surface area contributed by atoms with Gasteiger partial charge in [-0.05, 0) is 17.5 Å². The Labute approximate surface area is 99.5 Å². The van der Waals surface area contributed by atoms with Crippen molar-refractivity contribution in [1.29, 1.82) is 0 Å². The van der Waals surface area contributed by atoms with Crippen molar-refractivity contribution in [2.45, 2.75) is 25.0 Å². The third-order valence-corrected chi connectivity index (χ3v) is 2.53. The minimum Gasteiger partial charge on any atom is -0.396 e. The van der Waals surface area contributed by atoms with Crippen molar-refractivity contribution in [1.82, 2.24) is 0 Å². The maximum absolute atomic E-state index is 10.7. The van der Waals surface area contributed by atoms with Crippen molar-refractivity contribution in [2.75, 3.05) is 6.61 Å². The molecule has 0 saturated carbocycles. The van der Waals surface area contributed by atoms with Gasteiger partial charge in [0.2, 0.25) is 5.91 Å². The molecule has 2 atom stereocenters. The molecule has 2 unspecified atom stereocenters. The lowest BCUT2D eigenvalue weighted by atomic mass is 9.95. The Hall–Kier alpha value is -1.43. The molecule has 0 spiro atoms. The molecule has 0 heterocycles. The number of carbonyl (C=O) groups is 1. The summed E-state index contributed by atoms with van der Waals surface area (Å²) < 4.78 is 0. The van der Waals surface area contributed by atoms with E-state index in [9.17, 15) is 15.0 Å². The Kier molecular flexibility index (Phi) is 5.09. The standard InChI is InChI=1S/C12H17NO4/c13-11(16)7-10(15)12(17)9-4-2-1-3-8(9)5-6-14/h1-4,10,12,14-15,17H,5-7H2,(H2,13,16). The van der Waals surface area contributed by atoms with Crippen LogP contribution in [-0.2, 0) is 11.2 Å². The molecule has 94 valence electrons.